The minimum atomic E-state index is -0.768. The number of carbonyl (C=O) groups excluding carboxylic acids is 1. The van der Waals surface area contributed by atoms with E-state index in [1.54, 1.807) is 0 Å². The molecule has 1 rings (SSSR count). The van der Waals surface area contributed by atoms with Gasteiger partial charge in [0.25, 0.3) is 0 Å². The third kappa shape index (κ3) is 2.92. The van der Waals surface area contributed by atoms with E-state index in [1.807, 2.05) is 0 Å². The van der Waals surface area contributed by atoms with Crippen molar-refractivity contribution >= 4 is 5.91 Å². The van der Waals surface area contributed by atoms with Crippen molar-refractivity contribution in [2.24, 2.45) is 17.4 Å². The number of hydrogen-bond donors (Lipinski definition) is 2. The minimum absolute atomic E-state index is 0.358. The molecule has 1 aliphatic carbocycles. The van der Waals surface area contributed by atoms with Crippen LogP contribution in [0.2, 0.25) is 0 Å². The van der Waals surface area contributed by atoms with E-state index >= 15 is 0 Å². The predicted molar refractivity (Wildman–Crippen MR) is 61.2 cm³/mol. The maximum absolute atomic E-state index is 11.2. The molecule has 0 aliphatic heterocycles. The fraction of sp³-hybridized carbons (Fsp3) is 0.909. The minimum Gasteiger partial charge on any atom is -0.368 e. The van der Waals surface area contributed by atoms with E-state index in [-0.39, 0.29) is 5.91 Å². The lowest BCUT2D eigenvalue weighted by Crippen LogP contribution is -2.51. The topological polar surface area (TPSA) is 72.3 Å². The Morgan fingerprint density at radius 3 is 2.60 bits per heavy atom. The highest BCUT2D eigenvalue weighted by Crippen LogP contribution is 2.30. The fourth-order valence-electron chi connectivity index (χ4n) is 2.37. The Labute approximate surface area is 92.0 Å². The van der Waals surface area contributed by atoms with Crippen LogP contribution in [0.15, 0.2) is 0 Å². The molecule has 1 amide bonds. The molecule has 4 N–H and O–H groups in total. The predicted octanol–water partition coefficient (Wildman–Crippen LogP) is 0.310. The van der Waals surface area contributed by atoms with Crippen LogP contribution >= 0.6 is 0 Å². The third-order valence-electron chi connectivity index (χ3n) is 3.29. The average molecular weight is 213 g/mol. The molecule has 4 nitrogen and oxygen atoms in total. The van der Waals surface area contributed by atoms with Gasteiger partial charge in [0.2, 0.25) is 5.91 Å². The van der Waals surface area contributed by atoms with Gasteiger partial charge in [0.15, 0.2) is 0 Å². The molecule has 88 valence electrons. The van der Waals surface area contributed by atoms with Gasteiger partial charge in [-0.3, -0.25) is 4.79 Å². The smallest absolute Gasteiger partial charge is 0.237 e. The van der Waals surface area contributed by atoms with Gasteiger partial charge < -0.3 is 16.4 Å². The zero-order valence-electron chi connectivity index (χ0n) is 9.99. The van der Waals surface area contributed by atoms with Crippen LogP contribution in [-0.2, 0) is 4.79 Å². The third-order valence-corrected chi connectivity index (χ3v) is 3.29. The summed E-state index contributed by atoms with van der Waals surface area (Å²) >= 11 is 0. The van der Waals surface area contributed by atoms with E-state index in [2.05, 4.69) is 25.8 Å². The number of primary amides is 1. The first-order valence-corrected chi connectivity index (χ1v) is 5.64. The Morgan fingerprint density at radius 1 is 1.60 bits per heavy atom. The van der Waals surface area contributed by atoms with E-state index in [4.69, 9.17) is 11.5 Å². The molecule has 4 heteroatoms. The Bertz CT molecular complexity index is 242. The molecule has 15 heavy (non-hydrogen) atoms. The number of hydrogen-bond acceptors (Lipinski definition) is 3. The summed E-state index contributed by atoms with van der Waals surface area (Å²) in [5.74, 6) is 0.277. The summed E-state index contributed by atoms with van der Waals surface area (Å²) in [7, 11) is 2.09. The summed E-state index contributed by atoms with van der Waals surface area (Å²) in [5.41, 5.74) is 10.5. The standard InChI is InChI=1S/C11H23N3O/c1-8(2)7-14(3)9-4-5-11(13,6-9)10(12)15/h8-9H,4-7,13H2,1-3H3,(H2,12,15). The quantitative estimate of drug-likeness (QED) is 0.706. The molecule has 2 unspecified atom stereocenters. The maximum atomic E-state index is 11.2. The van der Waals surface area contributed by atoms with Gasteiger partial charge in [-0.05, 0) is 32.2 Å². The summed E-state index contributed by atoms with van der Waals surface area (Å²) in [6.45, 7) is 5.42. The van der Waals surface area contributed by atoms with Crippen molar-refractivity contribution in [3.8, 4) is 0 Å². The lowest BCUT2D eigenvalue weighted by atomic mass is 9.98. The van der Waals surface area contributed by atoms with Crippen molar-refractivity contribution < 1.29 is 4.79 Å². The van der Waals surface area contributed by atoms with Crippen molar-refractivity contribution in [2.75, 3.05) is 13.6 Å². The van der Waals surface area contributed by atoms with Gasteiger partial charge in [-0.15, -0.1) is 0 Å². The molecule has 1 aliphatic rings. The SMILES string of the molecule is CC(C)CN(C)C1CCC(N)(C(N)=O)C1. The lowest BCUT2D eigenvalue weighted by molar-refractivity contribution is -0.123. The lowest BCUT2D eigenvalue weighted by Gasteiger charge is -2.27. The number of nitrogens with two attached hydrogens (primary N) is 2. The zero-order chi connectivity index (χ0) is 11.6. The van der Waals surface area contributed by atoms with E-state index in [0.717, 1.165) is 19.4 Å². The molecule has 0 saturated heterocycles. The highest BCUT2D eigenvalue weighted by molar-refractivity contribution is 5.84. The van der Waals surface area contributed by atoms with Crippen LogP contribution in [0.1, 0.15) is 33.1 Å². The second-order valence-electron chi connectivity index (χ2n) is 5.25. The Morgan fingerprint density at radius 2 is 2.20 bits per heavy atom. The van der Waals surface area contributed by atoms with Gasteiger partial charge in [0, 0.05) is 12.6 Å². The first-order chi connectivity index (χ1) is 6.85. The van der Waals surface area contributed by atoms with Crippen molar-refractivity contribution in [1.29, 1.82) is 0 Å². The number of nitrogens with zero attached hydrogens (tertiary/aromatic N) is 1. The average Bonchev–Trinajstić information content (AvgIpc) is 2.48. The first kappa shape index (κ1) is 12.5. The first-order valence-electron chi connectivity index (χ1n) is 5.64. The maximum Gasteiger partial charge on any atom is 0.237 e. The van der Waals surface area contributed by atoms with Gasteiger partial charge in [0.1, 0.15) is 0 Å². The molecule has 0 bridgehead atoms. The summed E-state index contributed by atoms with van der Waals surface area (Å²) in [6.07, 6.45) is 2.39. The van der Waals surface area contributed by atoms with E-state index in [1.165, 1.54) is 0 Å². The van der Waals surface area contributed by atoms with Crippen LogP contribution in [0.5, 0.6) is 0 Å². The van der Waals surface area contributed by atoms with Crippen molar-refractivity contribution in [2.45, 2.75) is 44.7 Å². The van der Waals surface area contributed by atoms with Crippen LogP contribution in [0.3, 0.4) is 0 Å². The molecular weight excluding hydrogens is 190 g/mol. The van der Waals surface area contributed by atoms with Crippen molar-refractivity contribution in [3.63, 3.8) is 0 Å². The molecular formula is C11H23N3O. The van der Waals surface area contributed by atoms with E-state index in [0.29, 0.717) is 18.4 Å². The summed E-state index contributed by atoms with van der Waals surface area (Å²) in [4.78, 5) is 13.5. The second-order valence-corrected chi connectivity index (χ2v) is 5.25. The van der Waals surface area contributed by atoms with Gasteiger partial charge >= 0.3 is 0 Å². The van der Waals surface area contributed by atoms with Crippen LogP contribution in [-0.4, -0.2) is 36.0 Å². The number of amides is 1. The van der Waals surface area contributed by atoms with Gasteiger partial charge in [-0.1, -0.05) is 13.8 Å². The summed E-state index contributed by atoms with van der Waals surface area (Å²) < 4.78 is 0. The van der Waals surface area contributed by atoms with Crippen molar-refractivity contribution in [3.05, 3.63) is 0 Å². The van der Waals surface area contributed by atoms with Crippen molar-refractivity contribution in [1.82, 2.24) is 4.90 Å². The molecule has 0 aromatic heterocycles. The highest BCUT2D eigenvalue weighted by Gasteiger charge is 2.41. The molecule has 0 aromatic carbocycles. The number of rotatable bonds is 4. The zero-order valence-corrected chi connectivity index (χ0v) is 9.99. The largest absolute Gasteiger partial charge is 0.368 e. The normalized spacial score (nSPS) is 31.5. The Kier molecular flexibility index (Phi) is 3.73. The van der Waals surface area contributed by atoms with Gasteiger partial charge in [-0.2, -0.15) is 0 Å². The monoisotopic (exact) mass is 213 g/mol. The van der Waals surface area contributed by atoms with Gasteiger partial charge in [0.05, 0.1) is 5.54 Å². The summed E-state index contributed by atoms with van der Waals surface area (Å²) in [5, 5.41) is 0. The molecule has 0 radical (unpaired) electrons. The second kappa shape index (κ2) is 4.49. The number of carbonyl (C=O) groups is 1. The van der Waals surface area contributed by atoms with E-state index in [9.17, 15) is 4.79 Å². The van der Waals surface area contributed by atoms with Crippen LogP contribution < -0.4 is 11.5 Å². The summed E-state index contributed by atoms with van der Waals surface area (Å²) in [6, 6.07) is 0.407. The fourth-order valence-corrected chi connectivity index (χ4v) is 2.37. The molecule has 0 aromatic rings. The Balaban J connectivity index is 2.52. The van der Waals surface area contributed by atoms with Crippen LogP contribution in [0.25, 0.3) is 0 Å². The van der Waals surface area contributed by atoms with Gasteiger partial charge in [-0.25, -0.2) is 0 Å². The Hall–Kier alpha value is -0.610. The molecule has 1 fully saturated rings. The van der Waals surface area contributed by atoms with E-state index < -0.39 is 5.54 Å². The molecule has 0 heterocycles. The highest BCUT2D eigenvalue weighted by atomic mass is 16.1. The van der Waals surface area contributed by atoms with Crippen LogP contribution in [0.4, 0.5) is 0 Å². The van der Waals surface area contributed by atoms with Crippen LogP contribution in [0, 0.1) is 5.92 Å². The molecule has 1 saturated carbocycles. The molecule has 2 atom stereocenters. The molecule has 0 spiro atoms.